The number of aromatic nitrogens is 1. The number of amides is 1. The van der Waals surface area contributed by atoms with E-state index in [1.54, 1.807) is 13.0 Å². The molecule has 0 saturated heterocycles. The first-order valence-corrected chi connectivity index (χ1v) is 7.46. The number of aryl methyl sites for hydroxylation is 1. The maximum atomic E-state index is 13.4. The van der Waals surface area contributed by atoms with Crippen LogP contribution in [0.25, 0.3) is 10.9 Å². The Labute approximate surface area is 129 Å². The molecule has 0 aliphatic carbocycles. The van der Waals surface area contributed by atoms with Gasteiger partial charge in [-0.05, 0) is 43.5 Å². The molecule has 0 aliphatic heterocycles. The lowest BCUT2D eigenvalue weighted by Gasteiger charge is -2.27. The molecule has 2 aromatic rings. The maximum absolute atomic E-state index is 13.4. The number of nitrogens with one attached hydrogen (secondary N) is 2. The lowest BCUT2D eigenvalue weighted by atomic mass is 9.92. The molecule has 1 aromatic carbocycles. The highest BCUT2D eigenvalue weighted by atomic mass is 19.1. The van der Waals surface area contributed by atoms with E-state index in [4.69, 9.17) is 0 Å². The maximum Gasteiger partial charge on any atom is 0.224 e. The van der Waals surface area contributed by atoms with Crippen LogP contribution in [0.4, 0.5) is 4.39 Å². The third kappa shape index (κ3) is 3.47. The average Bonchev–Trinajstić information content (AvgIpc) is 2.73. The highest BCUT2D eigenvalue weighted by Gasteiger charge is 2.25. The molecule has 22 heavy (non-hydrogen) atoms. The molecule has 3 N–H and O–H groups in total. The topological polar surface area (TPSA) is 65.1 Å². The molecule has 1 amide bonds. The summed E-state index contributed by atoms with van der Waals surface area (Å²) in [6, 6.07) is 4.50. The summed E-state index contributed by atoms with van der Waals surface area (Å²) >= 11 is 0. The van der Waals surface area contributed by atoms with Crippen molar-refractivity contribution in [3.05, 3.63) is 35.3 Å². The number of benzene rings is 1. The minimum absolute atomic E-state index is 0.0386. The van der Waals surface area contributed by atoms with Gasteiger partial charge in [0.25, 0.3) is 0 Å². The number of aromatic amines is 1. The van der Waals surface area contributed by atoms with Gasteiger partial charge in [-0.25, -0.2) is 4.39 Å². The van der Waals surface area contributed by atoms with Gasteiger partial charge < -0.3 is 15.4 Å². The molecular formula is C17H23FN2O2. The second-order valence-electron chi connectivity index (χ2n) is 6.38. The average molecular weight is 306 g/mol. The van der Waals surface area contributed by atoms with E-state index in [1.165, 1.54) is 12.1 Å². The number of rotatable bonds is 5. The third-order valence-corrected chi connectivity index (χ3v) is 4.31. The van der Waals surface area contributed by atoms with Crippen LogP contribution in [-0.2, 0) is 11.2 Å². The Bertz CT molecular complexity index is 689. The van der Waals surface area contributed by atoms with Crippen molar-refractivity contribution in [2.75, 3.05) is 6.54 Å². The highest BCUT2D eigenvalue weighted by Crippen LogP contribution is 2.23. The van der Waals surface area contributed by atoms with Crippen molar-refractivity contribution in [1.29, 1.82) is 0 Å². The summed E-state index contributed by atoms with van der Waals surface area (Å²) in [7, 11) is 0. The van der Waals surface area contributed by atoms with E-state index in [2.05, 4.69) is 10.3 Å². The van der Waals surface area contributed by atoms with E-state index in [-0.39, 0.29) is 30.6 Å². The van der Waals surface area contributed by atoms with Crippen molar-refractivity contribution in [2.45, 2.75) is 39.7 Å². The van der Waals surface area contributed by atoms with Crippen LogP contribution >= 0.6 is 0 Å². The van der Waals surface area contributed by atoms with Gasteiger partial charge >= 0.3 is 0 Å². The number of halogens is 1. The molecule has 0 radical (unpaired) electrons. The Balaban J connectivity index is 2.12. The summed E-state index contributed by atoms with van der Waals surface area (Å²) in [6.07, 6.45) is 0.156. The smallest absolute Gasteiger partial charge is 0.224 e. The fourth-order valence-corrected chi connectivity index (χ4v) is 2.29. The van der Waals surface area contributed by atoms with Crippen LogP contribution in [-0.4, -0.2) is 28.1 Å². The first-order chi connectivity index (χ1) is 10.2. The molecule has 1 aromatic heterocycles. The van der Waals surface area contributed by atoms with Crippen LogP contribution in [0, 0.1) is 18.7 Å². The number of fused-ring (bicyclic) bond motifs is 1. The zero-order valence-corrected chi connectivity index (χ0v) is 13.5. The lowest BCUT2D eigenvalue weighted by Crippen LogP contribution is -2.44. The Hall–Kier alpha value is -1.88. The largest absolute Gasteiger partial charge is 0.388 e. The summed E-state index contributed by atoms with van der Waals surface area (Å²) in [5, 5.41) is 13.6. The number of hydrogen-bond acceptors (Lipinski definition) is 2. The Morgan fingerprint density at radius 2 is 2.14 bits per heavy atom. The van der Waals surface area contributed by atoms with Crippen LogP contribution in [0.2, 0.25) is 0 Å². The predicted octanol–water partition coefficient (Wildman–Crippen LogP) is 2.68. The van der Waals surface area contributed by atoms with Crippen molar-refractivity contribution >= 4 is 16.8 Å². The molecule has 1 heterocycles. The van der Waals surface area contributed by atoms with Crippen LogP contribution in [0.5, 0.6) is 0 Å². The summed E-state index contributed by atoms with van der Waals surface area (Å²) in [5.41, 5.74) is 1.51. The fraction of sp³-hybridized carbons (Fsp3) is 0.471. The van der Waals surface area contributed by atoms with Crippen molar-refractivity contribution in [1.82, 2.24) is 10.3 Å². The van der Waals surface area contributed by atoms with Crippen molar-refractivity contribution in [3.63, 3.8) is 0 Å². The molecule has 4 nitrogen and oxygen atoms in total. The van der Waals surface area contributed by atoms with E-state index < -0.39 is 5.60 Å². The number of H-pyrrole nitrogens is 1. The van der Waals surface area contributed by atoms with Gasteiger partial charge in [0.1, 0.15) is 5.82 Å². The molecule has 0 fully saturated rings. The fourth-order valence-electron chi connectivity index (χ4n) is 2.29. The Morgan fingerprint density at radius 1 is 1.45 bits per heavy atom. The van der Waals surface area contributed by atoms with Gasteiger partial charge in [-0.15, -0.1) is 0 Å². The second kappa shape index (κ2) is 6.08. The summed E-state index contributed by atoms with van der Waals surface area (Å²) in [5.74, 6) is -0.471. The molecular weight excluding hydrogens is 283 g/mol. The molecule has 2 rings (SSSR count). The van der Waals surface area contributed by atoms with E-state index in [9.17, 15) is 14.3 Å². The zero-order chi connectivity index (χ0) is 16.5. The standard InChI is InChI=1S/C17H23FN2O2/c1-10(2)17(4,22)9-19-16(21)8-13-11(3)20-15-6-5-12(18)7-14(13)15/h5-7,10,20,22H,8-9H2,1-4H3,(H,19,21). The summed E-state index contributed by atoms with van der Waals surface area (Å²) < 4.78 is 13.4. The molecule has 0 aliphatic rings. The number of hydrogen-bond donors (Lipinski definition) is 3. The molecule has 0 saturated carbocycles. The van der Waals surface area contributed by atoms with Crippen molar-refractivity contribution in [2.24, 2.45) is 5.92 Å². The van der Waals surface area contributed by atoms with E-state index in [0.29, 0.717) is 0 Å². The molecule has 0 bridgehead atoms. The van der Waals surface area contributed by atoms with Gasteiger partial charge in [-0.2, -0.15) is 0 Å². The van der Waals surface area contributed by atoms with Crippen LogP contribution < -0.4 is 5.32 Å². The highest BCUT2D eigenvalue weighted by molar-refractivity contribution is 5.90. The predicted molar refractivity (Wildman–Crippen MR) is 85.2 cm³/mol. The molecule has 120 valence electrons. The zero-order valence-electron chi connectivity index (χ0n) is 13.5. The second-order valence-corrected chi connectivity index (χ2v) is 6.38. The number of carbonyl (C=O) groups is 1. The van der Waals surface area contributed by atoms with Gasteiger partial charge in [0, 0.05) is 23.1 Å². The van der Waals surface area contributed by atoms with Crippen molar-refractivity contribution in [3.8, 4) is 0 Å². The van der Waals surface area contributed by atoms with Crippen molar-refractivity contribution < 1.29 is 14.3 Å². The first-order valence-electron chi connectivity index (χ1n) is 7.46. The SMILES string of the molecule is Cc1[nH]c2ccc(F)cc2c1CC(=O)NCC(C)(O)C(C)C. The number of aliphatic hydroxyl groups is 1. The molecule has 1 atom stereocenters. The Morgan fingerprint density at radius 3 is 2.77 bits per heavy atom. The van der Waals surface area contributed by atoms with Gasteiger partial charge in [0.15, 0.2) is 0 Å². The molecule has 5 heteroatoms. The minimum Gasteiger partial charge on any atom is -0.388 e. The van der Waals surface area contributed by atoms with Crippen LogP contribution in [0.15, 0.2) is 18.2 Å². The summed E-state index contributed by atoms with van der Waals surface area (Å²) in [4.78, 5) is 15.3. The third-order valence-electron chi connectivity index (χ3n) is 4.31. The van der Waals surface area contributed by atoms with E-state index >= 15 is 0 Å². The molecule has 0 spiro atoms. The monoisotopic (exact) mass is 306 g/mol. The van der Waals surface area contributed by atoms with Crippen LogP contribution in [0.1, 0.15) is 32.0 Å². The van der Waals surface area contributed by atoms with E-state index in [0.717, 1.165) is 22.2 Å². The minimum atomic E-state index is -0.947. The van der Waals surface area contributed by atoms with Gasteiger partial charge in [0.05, 0.1) is 12.0 Å². The van der Waals surface area contributed by atoms with Gasteiger partial charge in [0.2, 0.25) is 5.91 Å². The normalized spacial score (nSPS) is 14.3. The van der Waals surface area contributed by atoms with Gasteiger partial charge in [-0.3, -0.25) is 4.79 Å². The first kappa shape index (κ1) is 16.5. The quantitative estimate of drug-likeness (QED) is 0.795. The lowest BCUT2D eigenvalue weighted by molar-refractivity contribution is -0.122. The van der Waals surface area contributed by atoms with Gasteiger partial charge in [-0.1, -0.05) is 13.8 Å². The summed E-state index contributed by atoms with van der Waals surface area (Å²) in [6.45, 7) is 7.56. The van der Waals surface area contributed by atoms with E-state index in [1.807, 2.05) is 20.8 Å². The van der Waals surface area contributed by atoms with Crippen LogP contribution in [0.3, 0.4) is 0 Å². The Kier molecular flexibility index (Phi) is 4.56. The number of carbonyl (C=O) groups excluding carboxylic acids is 1. The molecule has 1 unspecified atom stereocenters.